The zero-order chi connectivity index (χ0) is 13.8. The van der Waals surface area contributed by atoms with Gasteiger partial charge >= 0.3 is 0 Å². The quantitative estimate of drug-likeness (QED) is 0.597. The van der Waals surface area contributed by atoms with E-state index in [9.17, 15) is 0 Å². The molecule has 0 aliphatic carbocycles. The van der Waals surface area contributed by atoms with E-state index in [4.69, 9.17) is 46.4 Å². The average Bonchev–Trinajstić information content (AvgIpc) is 2.39. The zero-order valence-electron chi connectivity index (χ0n) is 9.84. The number of hydrogen-bond acceptors (Lipinski definition) is 0. The molecule has 0 aromatic heterocycles. The van der Waals surface area contributed by atoms with E-state index in [1.807, 2.05) is 36.4 Å². The maximum atomic E-state index is 6.12. The summed E-state index contributed by atoms with van der Waals surface area (Å²) in [7, 11) is 0. The van der Waals surface area contributed by atoms with Crippen molar-refractivity contribution in [2.45, 2.75) is 6.42 Å². The van der Waals surface area contributed by atoms with Crippen molar-refractivity contribution in [2.75, 3.05) is 0 Å². The molecule has 4 heteroatoms. The fourth-order valence-corrected chi connectivity index (χ4v) is 2.44. The summed E-state index contributed by atoms with van der Waals surface area (Å²) in [5.41, 5.74) is 1.86. The average molecular weight is 332 g/mol. The summed E-state index contributed by atoms with van der Waals surface area (Å²) in [6.45, 7) is 0. The lowest BCUT2D eigenvalue weighted by atomic mass is 10.1. The van der Waals surface area contributed by atoms with Crippen LogP contribution in [0.2, 0.25) is 20.1 Å². The van der Waals surface area contributed by atoms with Gasteiger partial charge in [0.25, 0.3) is 0 Å². The molecule has 0 aliphatic heterocycles. The van der Waals surface area contributed by atoms with E-state index >= 15 is 0 Å². The Morgan fingerprint density at radius 1 is 0.789 bits per heavy atom. The second kappa shape index (κ2) is 6.67. The molecule has 19 heavy (non-hydrogen) atoms. The molecule has 2 rings (SSSR count). The minimum absolute atomic E-state index is 0.546. The first-order valence-electron chi connectivity index (χ1n) is 5.63. The fourth-order valence-electron chi connectivity index (χ4n) is 1.67. The minimum Gasteiger partial charge on any atom is -0.0827 e. The van der Waals surface area contributed by atoms with Crippen LogP contribution < -0.4 is 0 Å². The SMILES string of the molecule is Clc1cccc(/C=C/Cc2cccc(Cl)c2Cl)c1Cl. The van der Waals surface area contributed by atoms with Crippen molar-refractivity contribution in [3.05, 3.63) is 73.7 Å². The number of allylic oxidation sites excluding steroid dienone is 1. The summed E-state index contributed by atoms with van der Waals surface area (Å²) in [6, 6.07) is 11.1. The Bertz CT molecular complexity index is 618. The van der Waals surface area contributed by atoms with Crippen LogP contribution in [-0.2, 0) is 6.42 Å². The summed E-state index contributed by atoms with van der Waals surface area (Å²) in [5.74, 6) is 0. The molecule has 0 amide bonds. The molecule has 2 aromatic rings. The molecule has 0 spiro atoms. The van der Waals surface area contributed by atoms with Gasteiger partial charge < -0.3 is 0 Å². The first kappa shape index (κ1) is 14.7. The molecule has 0 fully saturated rings. The second-order valence-electron chi connectivity index (χ2n) is 3.96. The van der Waals surface area contributed by atoms with Crippen LogP contribution in [0.3, 0.4) is 0 Å². The topological polar surface area (TPSA) is 0 Å². The lowest BCUT2D eigenvalue weighted by molar-refractivity contribution is 1.28. The molecule has 0 atom stereocenters. The molecule has 0 unspecified atom stereocenters. The molecule has 0 heterocycles. The molecule has 2 aromatic carbocycles. The highest BCUT2D eigenvalue weighted by atomic mass is 35.5. The molecule has 0 nitrogen and oxygen atoms in total. The third kappa shape index (κ3) is 3.67. The predicted molar refractivity (Wildman–Crippen MR) is 85.7 cm³/mol. The second-order valence-corrected chi connectivity index (χ2v) is 5.53. The van der Waals surface area contributed by atoms with E-state index in [0.717, 1.165) is 11.1 Å². The van der Waals surface area contributed by atoms with Gasteiger partial charge in [0, 0.05) is 0 Å². The monoisotopic (exact) mass is 330 g/mol. The van der Waals surface area contributed by atoms with Gasteiger partial charge in [-0.2, -0.15) is 0 Å². The van der Waals surface area contributed by atoms with Gasteiger partial charge in [0.15, 0.2) is 0 Å². The van der Waals surface area contributed by atoms with Gasteiger partial charge in [0.05, 0.1) is 20.1 Å². The van der Waals surface area contributed by atoms with Crippen molar-refractivity contribution in [1.29, 1.82) is 0 Å². The van der Waals surface area contributed by atoms with Gasteiger partial charge in [-0.3, -0.25) is 0 Å². The molecular formula is C15H10Cl4. The smallest absolute Gasteiger partial charge is 0.0664 e. The molecular weight excluding hydrogens is 322 g/mol. The fraction of sp³-hybridized carbons (Fsp3) is 0.0667. The minimum atomic E-state index is 0.546. The van der Waals surface area contributed by atoms with E-state index in [2.05, 4.69) is 0 Å². The van der Waals surface area contributed by atoms with Crippen LogP contribution in [0.5, 0.6) is 0 Å². The molecule has 0 saturated carbocycles. The van der Waals surface area contributed by atoms with Gasteiger partial charge in [-0.05, 0) is 29.7 Å². The van der Waals surface area contributed by atoms with Gasteiger partial charge in [0.1, 0.15) is 0 Å². The van der Waals surface area contributed by atoms with E-state index < -0.39 is 0 Å². The third-order valence-electron chi connectivity index (χ3n) is 2.65. The van der Waals surface area contributed by atoms with Crippen molar-refractivity contribution in [3.63, 3.8) is 0 Å². The van der Waals surface area contributed by atoms with Crippen LogP contribution in [0.1, 0.15) is 11.1 Å². The number of hydrogen-bond donors (Lipinski definition) is 0. The Morgan fingerprint density at radius 2 is 1.42 bits per heavy atom. The third-order valence-corrected chi connectivity index (χ3v) is 4.34. The Hall–Kier alpha value is -0.660. The van der Waals surface area contributed by atoms with Crippen molar-refractivity contribution < 1.29 is 0 Å². The van der Waals surface area contributed by atoms with E-state index in [0.29, 0.717) is 26.5 Å². The van der Waals surface area contributed by atoms with Crippen LogP contribution in [0, 0.1) is 0 Å². The Morgan fingerprint density at radius 3 is 2.16 bits per heavy atom. The van der Waals surface area contributed by atoms with Crippen molar-refractivity contribution in [2.24, 2.45) is 0 Å². The molecule has 0 saturated heterocycles. The normalized spacial score (nSPS) is 11.2. The standard InChI is InChI=1S/C15H10Cl4/c16-12-8-2-6-10(14(12)18)4-1-5-11-7-3-9-13(17)15(11)19/h1-4,6-9H,5H2/b4-1+. The van der Waals surface area contributed by atoms with Crippen molar-refractivity contribution in [1.82, 2.24) is 0 Å². The Balaban J connectivity index is 2.16. The molecule has 0 radical (unpaired) electrons. The first-order valence-corrected chi connectivity index (χ1v) is 7.14. The summed E-state index contributed by atoms with van der Waals surface area (Å²) in [6.07, 6.45) is 4.59. The van der Waals surface area contributed by atoms with Gasteiger partial charge in [-0.15, -0.1) is 0 Å². The molecule has 0 N–H and O–H groups in total. The first-order chi connectivity index (χ1) is 9.09. The van der Waals surface area contributed by atoms with E-state index in [-0.39, 0.29) is 0 Å². The highest BCUT2D eigenvalue weighted by molar-refractivity contribution is 6.43. The Kier molecular flexibility index (Phi) is 5.18. The van der Waals surface area contributed by atoms with Crippen LogP contribution >= 0.6 is 46.4 Å². The summed E-state index contributed by atoms with van der Waals surface area (Å²) < 4.78 is 0. The number of rotatable bonds is 3. The van der Waals surface area contributed by atoms with Crippen LogP contribution in [-0.4, -0.2) is 0 Å². The van der Waals surface area contributed by atoms with E-state index in [1.54, 1.807) is 12.1 Å². The summed E-state index contributed by atoms with van der Waals surface area (Å²) in [4.78, 5) is 0. The largest absolute Gasteiger partial charge is 0.0827 e. The molecule has 0 aliphatic rings. The van der Waals surface area contributed by atoms with Crippen LogP contribution in [0.15, 0.2) is 42.5 Å². The maximum absolute atomic E-state index is 6.12. The number of benzene rings is 2. The van der Waals surface area contributed by atoms with Gasteiger partial charge in [-0.1, -0.05) is 82.8 Å². The summed E-state index contributed by atoms with van der Waals surface area (Å²) >= 11 is 24.1. The van der Waals surface area contributed by atoms with Gasteiger partial charge in [-0.25, -0.2) is 0 Å². The molecule has 98 valence electrons. The zero-order valence-corrected chi connectivity index (χ0v) is 12.9. The van der Waals surface area contributed by atoms with Crippen molar-refractivity contribution in [3.8, 4) is 0 Å². The maximum Gasteiger partial charge on any atom is 0.0664 e. The van der Waals surface area contributed by atoms with Crippen LogP contribution in [0.25, 0.3) is 6.08 Å². The van der Waals surface area contributed by atoms with Crippen molar-refractivity contribution >= 4 is 52.5 Å². The highest BCUT2D eigenvalue weighted by Crippen LogP contribution is 2.28. The predicted octanol–water partition coefficient (Wildman–Crippen LogP) is 6.56. The Labute approximate surface area is 132 Å². The molecule has 0 bridgehead atoms. The lowest BCUT2D eigenvalue weighted by Gasteiger charge is -2.03. The highest BCUT2D eigenvalue weighted by Gasteiger charge is 2.03. The number of halogens is 4. The lowest BCUT2D eigenvalue weighted by Crippen LogP contribution is -1.84. The van der Waals surface area contributed by atoms with Gasteiger partial charge in [0.2, 0.25) is 0 Å². The van der Waals surface area contributed by atoms with E-state index in [1.165, 1.54) is 0 Å². The van der Waals surface area contributed by atoms with Crippen LogP contribution in [0.4, 0.5) is 0 Å². The summed E-state index contributed by atoms with van der Waals surface area (Å²) in [5, 5.41) is 2.25.